The molecule has 2 N–H and O–H groups in total. The maximum Gasteiger partial charge on any atom is 0.240 e. The normalized spacial score (nSPS) is 31.3. The van der Waals surface area contributed by atoms with E-state index in [0.29, 0.717) is 22.6 Å². The smallest absolute Gasteiger partial charge is 0.240 e. The Morgan fingerprint density at radius 3 is 2.32 bits per heavy atom. The number of aliphatic hydroxyl groups excluding tert-OH is 1. The van der Waals surface area contributed by atoms with E-state index in [0.717, 1.165) is 25.7 Å². The van der Waals surface area contributed by atoms with Gasteiger partial charge in [-0.05, 0) is 68.4 Å². The predicted octanol–water partition coefficient (Wildman–Crippen LogP) is 2.54. The van der Waals surface area contributed by atoms with Crippen LogP contribution in [0.5, 0.6) is 0 Å². The number of aliphatic hydroxyl groups is 1. The van der Waals surface area contributed by atoms with Crippen molar-refractivity contribution in [1.82, 2.24) is 4.72 Å². The van der Waals surface area contributed by atoms with Crippen molar-refractivity contribution in [3.63, 3.8) is 0 Å². The van der Waals surface area contributed by atoms with Gasteiger partial charge in [-0.2, -0.15) is 0 Å². The highest BCUT2D eigenvalue weighted by Crippen LogP contribution is 2.47. The fourth-order valence-corrected chi connectivity index (χ4v) is 5.72. The van der Waals surface area contributed by atoms with Gasteiger partial charge in [0, 0.05) is 12.6 Å². The van der Waals surface area contributed by atoms with Gasteiger partial charge in [-0.15, -0.1) is 0 Å². The quantitative estimate of drug-likeness (QED) is 0.845. The lowest BCUT2D eigenvalue weighted by Gasteiger charge is -2.49. The highest BCUT2D eigenvalue weighted by atomic mass is 32.2. The molecule has 0 saturated heterocycles. The number of sulfonamides is 1. The molecule has 22 heavy (non-hydrogen) atoms. The summed E-state index contributed by atoms with van der Waals surface area (Å²) < 4.78 is 28.3. The Morgan fingerprint density at radius 1 is 1.05 bits per heavy atom. The van der Waals surface area contributed by atoms with Crippen molar-refractivity contribution in [3.05, 3.63) is 30.3 Å². The van der Waals surface area contributed by atoms with Crippen molar-refractivity contribution in [2.45, 2.75) is 49.5 Å². The van der Waals surface area contributed by atoms with E-state index in [1.54, 1.807) is 24.3 Å². The standard InChI is InChI=1S/C17H25NO3S/c19-12-4-7-16-13-8-10-14(11-9-13)17(16)18-22(20,21)15-5-2-1-3-6-15/h1-3,5-6,13-14,16-19H,4,7-12H2. The minimum absolute atomic E-state index is 0.0317. The van der Waals surface area contributed by atoms with Crippen LogP contribution in [0, 0.1) is 17.8 Å². The molecule has 2 atom stereocenters. The molecule has 2 bridgehead atoms. The van der Waals surface area contributed by atoms with Crippen LogP contribution in [0.1, 0.15) is 38.5 Å². The van der Waals surface area contributed by atoms with Gasteiger partial charge in [0.1, 0.15) is 0 Å². The van der Waals surface area contributed by atoms with Gasteiger partial charge in [-0.1, -0.05) is 18.2 Å². The van der Waals surface area contributed by atoms with Crippen LogP contribution in [-0.2, 0) is 10.0 Å². The molecular weight excluding hydrogens is 298 g/mol. The number of fused-ring (bicyclic) bond motifs is 3. The number of benzene rings is 1. The summed E-state index contributed by atoms with van der Waals surface area (Å²) in [6.45, 7) is 0.187. The molecule has 0 aliphatic heterocycles. The Bertz CT molecular complexity index is 579. The SMILES string of the molecule is O=S(=O)(NC1C2CCC(CC2)C1CCCO)c1ccccc1. The van der Waals surface area contributed by atoms with Gasteiger partial charge < -0.3 is 5.11 Å². The lowest BCUT2D eigenvalue weighted by molar-refractivity contribution is 0.0529. The average Bonchev–Trinajstić information content (AvgIpc) is 2.55. The van der Waals surface area contributed by atoms with Crippen LogP contribution in [0.4, 0.5) is 0 Å². The number of nitrogens with one attached hydrogen (secondary N) is 1. The Balaban J connectivity index is 1.79. The monoisotopic (exact) mass is 323 g/mol. The fourth-order valence-electron chi connectivity index (χ4n) is 4.35. The molecule has 0 spiro atoms. The van der Waals surface area contributed by atoms with Crippen molar-refractivity contribution >= 4 is 10.0 Å². The molecule has 2 unspecified atom stereocenters. The molecule has 0 radical (unpaired) electrons. The first-order valence-corrected chi connectivity index (χ1v) is 9.78. The molecule has 5 heteroatoms. The second-order valence-corrected chi connectivity index (χ2v) is 8.38. The van der Waals surface area contributed by atoms with Gasteiger partial charge in [-0.3, -0.25) is 0 Å². The van der Waals surface area contributed by atoms with Crippen molar-refractivity contribution in [2.75, 3.05) is 6.61 Å². The van der Waals surface area contributed by atoms with E-state index >= 15 is 0 Å². The molecule has 4 rings (SSSR count). The van der Waals surface area contributed by atoms with Gasteiger partial charge in [-0.25, -0.2) is 13.1 Å². The minimum atomic E-state index is -3.45. The summed E-state index contributed by atoms with van der Waals surface area (Å²) in [4.78, 5) is 0.345. The Kier molecular flexibility index (Phi) is 4.85. The lowest BCUT2D eigenvalue weighted by atomic mass is 9.61. The van der Waals surface area contributed by atoms with Crippen molar-refractivity contribution in [1.29, 1.82) is 0 Å². The molecule has 0 amide bonds. The molecule has 0 aromatic heterocycles. The van der Waals surface area contributed by atoms with Crippen molar-refractivity contribution < 1.29 is 13.5 Å². The third kappa shape index (κ3) is 3.21. The zero-order valence-corrected chi connectivity index (χ0v) is 13.6. The summed E-state index contributed by atoms with van der Waals surface area (Å²) >= 11 is 0. The first-order valence-electron chi connectivity index (χ1n) is 8.30. The molecule has 0 heterocycles. The summed E-state index contributed by atoms with van der Waals surface area (Å²) in [5.74, 6) is 1.44. The van der Waals surface area contributed by atoms with Gasteiger partial charge >= 0.3 is 0 Å². The maximum atomic E-state index is 12.6. The molecule has 3 aliphatic rings. The van der Waals surface area contributed by atoms with E-state index in [9.17, 15) is 8.42 Å². The van der Waals surface area contributed by atoms with Gasteiger partial charge in [0.05, 0.1) is 4.90 Å². The Morgan fingerprint density at radius 2 is 1.68 bits per heavy atom. The predicted molar refractivity (Wildman–Crippen MR) is 85.8 cm³/mol. The highest BCUT2D eigenvalue weighted by Gasteiger charge is 2.44. The third-order valence-electron chi connectivity index (χ3n) is 5.43. The minimum Gasteiger partial charge on any atom is -0.396 e. The van der Waals surface area contributed by atoms with Crippen LogP contribution in [-0.4, -0.2) is 26.2 Å². The fraction of sp³-hybridized carbons (Fsp3) is 0.647. The van der Waals surface area contributed by atoms with Crippen LogP contribution < -0.4 is 4.72 Å². The van der Waals surface area contributed by atoms with Crippen LogP contribution >= 0.6 is 0 Å². The summed E-state index contributed by atoms with van der Waals surface area (Å²) in [5, 5.41) is 9.13. The van der Waals surface area contributed by atoms with Gasteiger partial charge in [0.2, 0.25) is 10.0 Å². The van der Waals surface area contributed by atoms with E-state index < -0.39 is 10.0 Å². The summed E-state index contributed by atoms with van der Waals surface area (Å²) in [6.07, 6.45) is 6.36. The van der Waals surface area contributed by atoms with Gasteiger partial charge in [0.25, 0.3) is 0 Å². The molecule has 122 valence electrons. The number of rotatable bonds is 6. The van der Waals surface area contributed by atoms with E-state index in [1.165, 1.54) is 12.8 Å². The zero-order chi connectivity index (χ0) is 15.6. The molecule has 4 nitrogen and oxygen atoms in total. The number of hydrogen-bond acceptors (Lipinski definition) is 3. The first kappa shape index (κ1) is 16.0. The van der Waals surface area contributed by atoms with Crippen molar-refractivity contribution in [2.24, 2.45) is 17.8 Å². The van der Waals surface area contributed by atoms with Gasteiger partial charge in [0.15, 0.2) is 0 Å². The van der Waals surface area contributed by atoms with Crippen LogP contribution in [0.15, 0.2) is 35.2 Å². The summed E-state index contributed by atoms with van der Waals surface area (Å²) in [5.41, 5.74) is 0. The number of hydrogen-bond donors (Lipinski definition) is 2. The zero-order valence-electron chi connectivity index (χ0n) is 12.8. The second kappa shape index (κ2) is 6.69. The summed E-state index contributed by atoms with van der Waals surface area (Å²) in [6, 6.07) is 8.66. The molecule has 3 saturated carbocycles. The van der Waals surface area contributed by atoms with E-state index in [-0.39, 0.29) is 12.6 Å². The Hall–Kier alpha value is -0.910. The van der Waals surface area contributed by atoms with Crippen molar-refractivity contribution in [3.8, 4) is 0 Å². The third-order valence-corrected chi connectivity index (χ3v) is 6.91. The Labute approximate surface area is 133 Å². The topological polar surface area (TPSA) is 66.4 Å². The molecular formula is C17H25NO3S. The summed E-state index contributed by atoms with van der Waals surface area (Å²) in [7, 11) is -3.45. The van der Waals surface area contributed by atoms with Crippen LogP contribution in [0.25, 0.3) is 0 Å². The first-order chi connectivity index (χ1) is 10.6. The van der Waals surface area contributed by atoms with Crippen LogP contribution in [0.3, 0.4) is 0 Å². The highest BCUT2D eigenvalue weighted by molar-refractivity contribution is 7.89. The lowest BCUT2D eigenvalue weighted by Crippen LogP contribution is -2.53. The average molecular weight is 323 g/mol. The molecule has 3 aliphatic carbocycles. The molecule has 1 aromatic rings. The van der Waals surface area contributed by atoms with E-state index in [2.05, 4.69) is 4.72 Å². The van der Waals surface area contributed by atoms with Crippen LogP contribution in [0.2, 0.25) is 0 Å². The molecule has 1 aromatic carbocycles. The largest absolute Gasteiger partial charge is 0.396 e. The van der Waals surface area contributed by atoms with E-state index in [4.69, 9.17) is 5.11 Å². The van der Waals surface area contributed by atoms with E-state index in [1.807, 2.05) is 6.07 Å². The maximum absolute atomic E-state index is 12.6. The second-order valence-electron chi connectivity index (χ2n) is 6.66. The molecule has 3 fully saturated rings.